The minimum atomic E-state index is -0.554. The summed E-state index contributed by atoms with van der Waals surface area (Å²) in [5.74, 6) is 0. The fourth-order valence-electron chi connectivity index (χ4n) is 2.36. The van der Waals surface area contributed by atoms with Crippen LogP contribution in [0.1, 0.15) is 32.4 Å². The Morgan fingerprint density at radius 2 is 2.05 bits per heavy atom. The highest BCUT2D eigenvalue weighted by Gasteiger charge is 2.26. The Morgan fingerprint density at radius 3 is 2.59 bits per heavy atom. The van der Waals surface area contributed by atoms with Crippen molar-refractivity contribution in [3.63, 3.8) is 0 Å². The van der Waals surface area contributed by atoms with E-state index in [4.69, 9.17) is 4.74 Å². The van der Waals surface area contributed by atoms with Crippen LogP contribution in [-0.2, 0) is 4.74 Å². The standard InChI is InChI=1S/C16H25N3O3/c1-16(2,3)22-15(21)19-9-7-18(8-10-19)12-14(20)13-5-4-6-17-11-13/h4-6,11,14,20H,7-10,12H2,1-3H3/t14-/m1/s1. The van der Waals surface area contributed by atoms with E-state index in [1.807, 2.05) is 32.9 Å². The second-order valence-electron chi connectivity index (χ2n) is 6.57. The summed E-state index contributed by atoms with van der Waals surface area (Å²) in [6.45, 7) is 8.85. The van der Waals surface area contributed by atoms with E-state index in [0.29, 0.717) is 19.6 Å². The van der Waals surface area contributed by atoms with Crippen LogP contribution in [0.5, 0.6) is 0 Å². The molecule has 1 aliphatic heterocycles. The van der Waals surface area contributed by atoms with Gasteiger partial charge in [0.1, 0.15) is 5.60 Å². The number of β-amino-alcohol motifs (C(OH)–C–C–N with tert-alkyl or cyclic N) is 1. The lowest BCUT2D eigenvalue weighted by Gasteiger charge is -2.36. The molecule has 1 fully saturated rings. The van der Waals surface area contributed by atoms with E-state index < -0.39 is 11.7 Å². The average molecular weight is 307 g/mol. The monoisotopic (exact) mass is 307 g/mol. The van der Waals surface area contributed by atoms with Gasteiger partial charge in [-0.05, 0) is 26.8 Å². The van der Waals surface area contributed by atoms with Crippen LogP contribution in [0.3, 0.4) is 0 Å². The highest BCUT2D eigenvalue weighted by Crippen LogP contribution is 2.15. The molecule has 1 atom stereocenters. The van der Waals surface area contributed by atoms with E-state index in [1.54, 1.807) is 17.3 Å². The number of piperazine rings is 1. The molecule has 2 rings (SSSR count). The summed E-state index contributed by atoms with van der Waals surface area (Å²) in [4.78, 5) is 19.9. The van der Waals surface area contributed by atoms with Gasteiger partial charge in [0.05, 0.1) is 6.10 Å². The quantitative estimate of drug-likeness (QED) is 0.920. The van der Waals surface area contributed by atoms with Gasteiger partial charge in [0.25, 0.3) is 0 Å². The number of carbonyl (C=O) groups excluding carboxylic acids is 1. The van der Waals surface area contributed by atoms with Gasteiger partial charge in [0.2, 0.25) is 0 Å². The summed E-state index contributed by atoms with van der Waals surface area (Å²) in [6, 6.07) is 3.69. The molecule has 1 saturated heterocycles. The molecule has 1 amide bonds. The van der Waals surface area contributed by atoms with Gasteiger partial charge >= 0.3 is 6.09 Å². The molecule has 2 heterocycles. The molecule has 1 N–H and O–H groups in total. The first kappa shape index (κ1) is 16.7. The number of aliphatic hydroxyl groups is 1. The predicted octanol–water partition coefficient (Wildman–Crippen LogP) is 1.67. The number of aliphatic hydroxyl groups excluding tert-OH is 1. The lowest BCUT2D eigenvalue weighted by Crippen LogP contribution is -2.50. The van der Waals surface area contributed by atoms with Crippen LogP contribution in [0, 0.1) is 0 Å². The van der Waals surface area contributed by atoms with Crippen LogP contribution >= 0.6 is 0 Å². The van der Waals surface area contributed by atoms with E-state index in [1.165, 1.54) is 0 Å². The van der Waals surface area contributed by atoms with Crippen molar-refractivity contribution in [2.75, 3.05) is 32.7 Å². The molecule has 0 aliphatic carbocycles. The molecular weight excluding hydrogens is 282 g/mol. The van der Waals surface area contributed by atoms with Gasteiger partial charge in [-0.1, -0.05) is 6.07 Å². The largest absolute Gasteiger partial charge is 0.444 e. The van der Waals surface area contributed by atoms with Crippen molar-refractivity contribution in [3.8, 4) is 0 Å². The zero-order valence-corrected chi connectivity index (χ0v) is 13.5. The van der Waals surface area contributed by atoms with Crippen LogP contribution in [0.4, 0.5) is 4.79 Å². The zero-order chi connectivity index (χ0) is 16.2. The van der Waals surface area contributed by atoms with E-state index >= 15 is 0 Å². The molecule has 0 spiro atoms. The lowest BCUT2D eigenvalue weighted by atomic mass is 10.1. The van der Waals surface area contributed by atoms with Crippen molar-refractivity contribution < 1.29 is 14.6 Å². The van der Waals surface area contributed by atoms with Crippen LogP contribution in [0.2, 0.25) is 0 Å². The Kier molecular flexibility index (Phi) is 5.37. The van der Waals surface area contributed by atoms with Gasteiger partial charge in [-0.2, -0.15) is 0 Å². The summed E-state index contributed by atoms with van der Waals surface area (Å²) in [7, 11) is 0. The van der Waals surface area contributed by atoms with Gasteiger partial charge in [-0.15, -0.1) is 0 Å². The summed E-state index contributed by atoms with van der Waals surface area (Å²) in [5.41, 5.74) is 0.349. The number of amides is 1. The normalized spacial score (nSPS) is 18.1. The van der Waals surface area contributed by atoms with Crippen molar-refractivity contribution >= 4 is 6.09 Å². The highest BCUT2D eigenvalue weighted by molar-refractivity contribution is 5.68. The topological polar surface area (TPSA) is 65.9 Å². The number of aromatic nitrogens is 1. The smallest absolute Gasteiger partial charge is 0.410 e. The maximum Gasteiger partial charge on any atom is 0.410 e. The van der Waals surface area contributed by atoms with Crippen molar-refractivity contribution in [1.82, 2.24) is 14.8 Å². The number of hydrogen-bond donors (Lipinski definition) is 1. The first-order valence-electron chi connectivity index (χ1n) is 7.63. The Balaban J connectivity index is 1.79. The SMILES string of the molecule is CC(C)(C)OC(=O)N1CCN(C[C@@H](O)c2cccnc2)CC1. The van der Waals surface area contributed by atoms with E-state index in [-0.39, 0.29) is 6.09 Å². The Morgan fingerprint density at radius 1 is 1.36 bits per heavy atom. The van der Waals surface area contributed by atoms with Crippen LogP contribution in [0.25, 0.3) is 0 Å². The first-order chi connectivity index (χ1) is 10.3. The van der Waals surface area contributed by atoms with Crippen molar-refractivity contribution in [3.05, 3.63) is 30.1 Å². The molecule has 1 aliphatic rings. The fourth-order valence-corrected chi connectivity index (χ4v) is 2.36. The van der Waals surface area contributed by atoms with Crippen molar-refractivity contribution in [1.29, 1.82) is 0 Å². The third kappa shape index (κ3) is 4.96. The number of pyridine rings is 1. The number of carbonyl (C=O) groups is 1. The molecule has 1 aromatic heterocycles. The molecule has 6 nitrogen and oxygen atoms in total. The fraction of sp³-hybridized carbons (Fsp3) is 0.625. The summed E-state index contributed by atoms with van der Waals surface area (Å²) >= 11 is 0. The van der Waals surface area contributed by atoms with Crippen molar-refractivity contribution in [2.24, 2.45) is 0 Å². The Labute approximate surface area is 131 Å². The number of rotatable bonds is 3. The summed E-state index contributed by atoms with van der Waals surface area (Å²) < 4.78 is 5.37. The zero-order valence-electron chi connectivity index (χ0n) is 13.5. The number of hydrogen-bond acceptors (Lipinski definition) is 5. The molecule has 122 valence electrons. The van der Waals surface area contributed by atoms with Gasteiger partial charge in [0.15, 0.2) is 0 Å². The van der Waals surface area contributed by atoms with Crippen LogP contribution in [-0.4, -0.2) is 64.3 Å². The second kappa shape index (κ2) is 7.07. The predicted molar refractivity (Wildman–Crippen MR) is 83.4 cm³/mol. The van der Waals surface area contributed by atoms with Gasteiger partial charge < -0.3 is 14.7 Å². The van der Waals surface area contributed by atoms with Crippen LogP contribution < -0.4 is 0 Å². The lowest BCUT2D eigenvalue weighted by molar-refractivity contribution is 0.0101. The molecule has 22 heavy (non-hydrogen) atoms. The minimum Gasteiger partial charge on any atom is -0.444 e. The molecule has 0 unspecified atom stereocenters. The molecule has 0 bridgehead atoms. The molecule has 0 radical (unpaired) electrons. The summed E-state index contributed by atoms with van der Waals surface area (Å²) in [5, 5.41) is 10.2. The molecular formula is C16H25N3O3. The Hall–Kier alpha value is -1.66. The maximum atomic E-state index is 12.0. The number of ether oxygens (including phenoxy) is 1. The van der Waals surface area contributed by atoms with Gasteiger partial charge in [-0.25, -0.2) is 4.79 Å². The second-order valence-corrected chi connectivity index (χ2v) is 6.57. The highest BCUT2D eigenvalue weighted by atomic mass is 16.6. The maximum absolute atomic E-state index is 12.0. The van der Waals surface area contributed by atoms with Crippen molar-refractivity contribution in [2.45, 2.75) is 32.5 Å². The molecule has 6 heteroatoms. The van der Waals surface area contributed by atoms with E-state index in [0.717, 1.165) is 18.7 Å². The van der Waals surface area contributed by atoms with E-state index in [9.17, 15) is 9.90 Å². The van der Waals surface area contributed by atoms with Gasteiger partial charge in [-0.3, -0.25) is 9.88 Å². The third-order valence-electron chi connectivity index (χ3n) is 3.52. The van der Waals surface area contributed by atoms with E-state index in [2.05, 4.69) is 9.88 Å². The molecule has 0 aromatic carbocycles. The Bertz CT molecular complexity index is 479. The average Bonchev–Trinajstić information content (AvgIpc) is 2.47. The van der Waals surface area contributed by atoms with Crippen LogP contribution in [0.15, 0.2) is 24.5 Å². The third-order valence-corrected chi connectivity index (χ3v) is 3.52. The molecule has 0 saturated carbocycles. The molecule has 1 aromatic rings. The minimum absolute atomic E-state index is 0.264. The van der Waals surface area contributed by atoms with Gasteiger partial charge in [0, 0.05) is 50.7 Å². The first-order valence-corrected chi connectivity index (χ1v) is 7.63. The summed E-state index contributed by atoms with van der Waals surface area (Å²) in [6.07, 6.45) is 2.55. The number of nitrogens with zero attached hydrogens (tertiary/aromatic N) is 3.